The fraction of sp³-hybridized carbons (Fsp3) is 0.200. The first-order valence-electron chi connectivity index (χ1n) is 4.65. The Bertz CT molecular complexity index is 448. The number of carbonyl (C=O) groups is 1. The van der Waals surface area contributed by atoms with E-state index >= 15 is 0 Å². The molecule has 0 heterocycles. The largest absolute Gasteiger partial charge is 0.497 e. The van der Waals surface area contributed by atoms with Crippen LogP contribution in [0.4, 0.5) is 0 Å². The van der Waals surface area contributed by atoms with Gasteiger partial charge in [0.05, 0.1) is 12.9 Å². The summed E-state index contributed by atoms with van der Waals surface area (Å²) in [6, 6.07) is 5.03. The molecule has 0 radical (unpaired) electrons. The Labute approximate surface area is 103 Å². The lowest BCUT2D eigenvalue weighted by Crippen LogP contribution is -2.16. The predicted octanol–water partition coefficient (Wildman–Crippen LogP) is 0.367. The van der Waals surface area contributed by atoms with Crippen LogP contribution in [-0.2, 0) is 4.79 Å². The smallest absolute Gasteiger partial charge is 0.227 e. The summed E-state index contributed by atoms with van der Waals surface area (Å²) >= 11 is 1.20. The van der Waals surface area contributed by atoms with Crippen LogP contribution in [0.5, 0.6) is 5.75 Å². The van der Waals surface area contributed by atoms with Crippen LogP contribution in [0.1, 0.15) is 5.56 Å². The van der Waals surface area contributed by atoms with Crippen molar-refractivity contribution in [1.29, 1.82) is 0 Å². The molecule has 0 aliphatic carbocycles. The van der Waals surface area contributed by atoms with E-state index in [-0.39, 0.29) is 11.6 Å². The molecule has 0 atom stereocenters. The second-order valence-corrected chi connectivity index (χ2v) is 4.12. The Morgan fingerprint density at radius 1 is 1.53 bits per heavy atom. The third-order valence-electron chi connectivity index (χ3n) is 1.94. The number of oxime groups is 1. The zero-order valence-electron chi connectivity index (χ0n) is 9.21. The van der Waals surface area contributed by atoms with Crippen molar-refractivity contribution in [3.8, 4) is 5.75 Å². The molecular weight excluding hydrogens is 242 g/mol. The molecule has 0 fully saturated rings. The molecule has 0 aliphatic rings. The summed E-state index contributed by atoms with van der Waals surface area (Å²) < 4.78 is 5.06. The van der Waals surface area contributed by atoms with Crippen LogP contribution < -0.4 is 16.2 Å². The summed E-state index contributed by atoms with van der Waals surface area (Å²) in [7, 11) is 1.53. The van der Waals surface area contributed by atoms with Gasteiger partial charge in [-0.2, -0.15) is 0 Å². The van der Waals surface area contributed by atoms with E-state index in [2.05, 4.69) is 5.16 Å². The van der Waals surface area contributed by atoms with Gasteiger partial charge in [-0.05, 0) is 18.2 Å². The molecule has 6 nitrogen and oxygen atoms in total. The fourth-order valence-corrected chi connectivity index (χ4v) is 1.99. The van der Waals surface area contributed by atoms with Crippen molar-refractivity contribution < 1.29 is 14.7 Å². The van der Waals surface area contributed by atoms with Gasteiger partial charge in [-0.15, -0.1) is 11.8 Å². The van der Waals surface area contributed by atoms with E-state index in [4.69, 9.17) is 21.4 Å². The van der Waals surface area contributed by atoms with Crippen LogP contribution in [0.25, 0.3) is 0 Å². The van der Waals surface area contributed by atoms with Crippen LogP contribution in [0.2, 0.25) is 0 Å². The molecule has 17 heavy (non-hydrogen) atoms. The van der Waals surface area contributed by atoms with Gasteiger partial charge in [0, 0.05) is 10.5 Å². The highest BCUT2D eigenvalue weighted by atomic mass is 32.2. The summed E-state index contributed by atoms with van der Waals surface area (Å²) in [6.07, 6.45) is 0. The van der Waals surface area contributed by atoms with E-state index in [0.717, 1.165) is 0 Å². The van der Waals surface area contributed by atoms with Gasteiger partial charge in [0.1, 0.15) is 5.75 Å². The Balaban J connectivity index is 3.07. The number of hydrogen-bond acceptors (Lipinski definition) is 5. The number of rotatable bonds is 5. The molecule has 1 rings (SSSR count). The fourth-order valence-electron chi connectivity index (χ4n) is 1.16. The zero-order chi connectivity index (χ0) is 12.8. The summed E-state index contributed by atoms with van der Waals surface area (Å²) in [6.45, 7) is 0. The van der Waals surface area contributed by atoms with Crippen LogP contribution in [0.15, 0.2) is 28.3 Å². The Kier molecular flexibility index (Phi) is 4.65. The number of amidine groups is 1. The maximum atomic E-state index is 10.7. The van der Waals surface area contributed by atoms with Gasteiger partial charge in [-0.3, -0.25) is 4.79 Å². The van der Waals surface area contributed by atoms with Crippen molar-refractivity contribution in [2.24, 2.45) is 16.6 Å². The first kappa shape index (κ1) is 13.2. The number of nitrogens with two attached hydrogens (primary N) is 2. The van der Waals surface area contributed by atoms with E-state index < -0.39 is 5.91 Å². The first-order valence-corrected chi connectivity index (χ1v) is 5.64. The van der Waals surface area contributed by atoms with E-state index in [0.29, 0.717) is 16.2 Å². The minimum absolute atomic E-state index is 0.0281. The number of benzene rings is 1. The van der Waals surface area contributed by atoms with Crippen molar-refractivity contribution in [2.75, 3.05) is 12.9 Å². The second-order valence-electron chi connectivity index (χ2n) is 3.10. The SMILES string of the molecule is COc1ccc(/C(N)=N/O)c(SCC(N)=O)c1. The highest BCUT2D eigenvalue weighted by Gasteiger charge is 2.10. The normalized spacial score (nSPS) is 11.2. The maximum Gasteiger partial charge on any atom is 0.227 e. The first-order chi connectivity index (χ1) is 8.08. The molecule has 5 N–H and O–H groups in total. The summed E-state index contributed by atoms with van der Waals surface area (Å²) in [5, 5.41) is 11.6. The number of ether oxygens (including phenoxy) is 1. The Morgan fingerprint density at radius 3 is 2.76 bits per heavy atom. The molecule has 0 unspecified atom stereocenters. The van der Waals surface area contributed by atoms with Gasteiger partial charge in [0.15, 0.2) is 5.84 Å². The van der Waals surface area contributed by atoms with Gasteiger partial charge in [-0.1, -0.05) is 5.16 Å². The number of primary amides is 1. The van der Waals surface area contributed by atoms with Gasteiger partial charge in [-0.25, -0.2) is 0 Å². The Morgan fingerprint density at radius 2 is 2.24 bits per heavy atom. The Hall–Kier alpha value is -1.89. The second kappa shape index (κ2) is 6.00. The number of methoxy groups -OCH3 is 1. The standard InChI is InChI=1S/C10H13N3O3S/c1-16-6-2-3-7(10(12)13-15)8(4-6)17-5-9(11)14/h2-4,15H,5H2,1H3,(H2,11,14)(H2,12,13). The molecule has 7 heteroatoms. The van der Waals surface area contributed by atoms with Crippen molar-refractivity contribution in [1.82, 2.24) is 0 Å². The lowest BCUT2D eigenvalue weighted by atomic mass is 10.2. The van der Waals surface area contributed by atoms with Crippen LogP contribution >= 0.6 is 11.8 Å². The number of thioether (sulfide) groups is 1. The van der Waals surface area contributed by atoms with Crippen LogP contribution in [0, 0.1) is 0 Å². The van der Waals surface area contributed by atoms with Crippen LogP contribution in [-0.4, -0.2) is 29.8 Å². The molecule has 1 aromatic rings. The molecule has 0 saturated heterocycles. The van der Waals surface area contributed by atoms with E-state index in [1.165, 1.54) is 18.9 Å². The molecule has 92 valence electrons. The third-order valence-corrected chi connectivity index (χ3v) is 3.02. The van der Waals surface area contributed by atoms with Crippen molar-refractivity contribution in [3.05, 3.63) is 23.8 Å². The monoisotopic (exact) mass is 255 g/mol. The summed E-state index contributed by atoms with van der Waals surface area (Å²) in [5.41, 5.74) is 11.1. The molecule has 1 amide bonds. The zero-order valence-corrected chi connectivity index (χ0v) is 10.0. The highest BCUT2D eigenvalue weighted by Crippen LogP contribution is 2.27. The molecule has 0 aliphatic heterocycles. The molecule has 0 spiro atoms. The van der Waals surface area contributed by atoms with Crippen molar-refractivity contribution >= 4 is 23.5 Å². The number of carbonyl (C=O) groups excluding carboxylic acids is 1. The lowest BCUT2D eigenvalue weighted by Gasteiger charge is -2.09. The van der Waals surface area contributed by atoms with Crippen LogP contribution in [0.3, 0.4) is 0 Å². The number of nitrogens with zero attached hydrogens (tertiary/aromatic N) is 1. The predicted molar refractivity (Wildman–Crippen MR) is 65.4 cm³/mol. The van der Waals surface area contributed by atoms with E-state index in [9.17, 15) is 4.79 Å². The van der Waals surface area contributed by atoms with Crippen molar-refractivity contribution in [3.63, 3.8) is 0 Å². The average molecular weight is 255 g/mol. The maximum absolute atomic E-state index is 10.7. The van der Waals surface area contributed by atoms with Gasteiger partial charge < -0.3 is 21.4 Å². The summed E-state index contributed by atoms with van der Waals surface area (Å²) in [4.78, 5) is 11.4. The average Bonchev–Trinajstić information content (AvgIpc) is 2.34. The number of amides is 1. The van der Waals surface area contributed by atoms with E-state index in [1.54, 1.807) is 18.2 Å². The van der Waals surface area contributed by atoms with Crippen molar-refractivity contribution in [2.45, 2.75) is 4.90 Å². The van der Waals surface area contributed by atoms with Gasteiger partial charge in [0.2, 0.25) is 5.91 Å². The van der Waals surface area contributed by atoms with Gasteiger partial charge in [0.25, 0.3) is 0 Å². The quantitative estimate of drug-likeness (QED) is 0.231. The molecule has 0 aromatic heterocycles. The third kappa shape index (κ3) is 3.56. The molecule has 0 bridgehead atoms. The van der Waals surface area contributed by atoms with E-state index in [1.807, 2.05) is 0 Å². The highest BCUT2D eigenvalue weighted by molar-refractivity contribution is 8.00. The number of hydrogen-bond donors (Lipinski definition) is 3. The lowest BCUT2D eigenvalue weighted by molar-refractivity contribution is -0.115. The molecule has 0 saturated carbocycles. The summed E-state index contributed by atoms with van der Waals surface area (Å²) in [5.74, 6) is 0.258. The topological polar surface area (TPSA) is 111 Å². The molecular formula is C10H13N3O3S. The minimum Gasteiger partial charge on any atom is -0.497 e. The van der Waals surface area contributed by atoms with Gasteiger partial charge >= 0.3 is 0 Å². The minimum atomic E-state index is -0.441. The molecule has 1 aromatic carbocycles.